The first-order chi connectivity index (χ1) is 8.60. The molecule has 1 heterocycles. The van der Waals surface area contributed by atoms with Crippen LogP contribution in [0.4, 0.5) is 0 Å². The van der Waals surface area contributed by atoms with Crippen molar-refractivity contribution in [2.24, 2.45) is 0 Å². The van der Waals surface area contributed by atoms with Crippen LogP contribution in [0, 0.1) is 0 Å². The summed E-state index contributed by atoms with van der Waals surface area (Å²) in [5, 5.41) is 9.48. The minimum Gasteiger partial charge on any atom is -0.496 e. The first-order valence-electron chi connectivity index (χ1n) is 5.76. The molecule has 0 aliphatic carbocycles. The molecular weight excluding hydrogens is 294 g/mol. The summed E-state index contributed by atoms with van der Waals surface area (Å²) in [6.45, 7) is 2.54. The Hall–Kier alpha value is -1.26. The molecule has 2 aromatic rings. The third-order valence-corrected chi connectivity index (χ3v) is 3.46. The molecule has 4 heteroatoms. The molecule has 96 valence electrons. The molecule has 0 saturated heterocycles. The smallest absolute Gasteiger partial charge is 0.133 e. The molecule has 0 spiro atoms. The van der Waals surface area contributed by atoms with E-state index >= 15 is 0 Å². The molecule has 2 rings (SSSR count). The van der Waals surface area contributed by atoms with E-state index in [2.05, 4.69) is 20.5 Å². The van der Waals surface area contributed by atoms with Crippen molar-refractivity contribution in [2.75, 3.05) is 7.11 Å². The summed E-state index contributed by atoms with van der Waals surface area (Å²) in [7, 11) is 1.65. The summed E-state index contributed by atoms with van der Waals surface area (Å²) in [5.74, 6) is 0.830. The highest BCUT2D eigenvalue weighted by atomic mass is 79.9. The molecule has 18 heavy (non-hydrogen) atoms. The van der Waals surface area contributed by atoms with Crippen molar-refractivity contribution in [3.63, 3.8) is 0 Å². The Bertz CT molecular complexity index is 534. The Labute approximate surface area is 115 Å². The van der Waals surface area contributed by atoms with Gasteiger partial charge in [0.1, 0.15) is 5.75 Å². The topological polar surface area (TPSA) is 34.4 Å². The van der Waals surface area contributed by atoms with Gasteiger partial charge in [0.2, 0.25) is 0 Å². The van der Waals surface area contributed by atoms with Gasteiger partial charge in [-0.25, -0.2) is 0 Å². The number of hydrogen-bond donors (Lipinski definition) is 1. The quantitative estimate of drug-likeness (QED) is 0.939. The van der Waals surface area contributed by atoms with Crippen molar-refractivity contribution >= 4 is 15.9 Å². The zero-order chi connectivity index (χ0) is 13.1. The fourth-order valence-corrected chi connectivity index (χ4v) is 2.41. The fourth-order valence-electron chi connectivity index (χ4n) is 1.82. The van der Waals surface area contributed by atoms with Gasteiger partial charge < -0.3 is 14.4 Å². The first-order valence-corrected chi connectivity index (χ1v) is 6.55. The maximum Gasteiger partial charge on any atom is 0.133 e. The van der Waals surface area contributed by atoms with Crippen molar-refractivity contribution in [3.05, 3.63) is 52.3 Å². The molecule has 0 radical (unpaired) electrons. The van der Waals surface area contributed by atoms with Crippen molar-refractivity contribution in [2.45, 2.75) is 19.6 Å². The summed E-state index contributed by atoms with van der Waals surface area (Å²) in [5.41, 5.74) is 2.11. The molecular formula is C14H16BrNO2. The van der Waals surface area contributed by atoms with E-state index in [4.69, 9.17) is 4.74 Å². The number of rotatable bonds is 4. The zero-order valence-electron chi connectivity index (χ0n) is 10.4. The maximum absolute atomic E-state index is 9.48. The SMILES string of the molecule is COc1ccc(Cn2ccc(C(C)O)c2)cc1Br. The summed E-state index contributed by atoms with van der Waals surface area (Å²) in [6.07, 6.45) is 3.51. The van der Waals surface area contributed by atoms with Gasteiger partial charge in [-0.15, -0.1) is 0 Å². The Morgan fingerprint density at radius 1 is 1.39 bits per heavy atom. The van der Waals surface area contributed by atoms with E-state index in [0.717, 1.165) is 22.3 Å². The third-order valence-electron chi connectivity index (χ3n) is 2.84. The van der Waals surface area contributed by atoms with Gasteiger partial charge in [0.15, 0.2) is 0 Å². The molecule has 1 aromatic heterocycles. The Balaban J connectivity index is 2.15. The lowest BCUT2D eigenvalue weighted by Crippen LogP contribution is -1.97. The van der Waals surface area contributed by atoms with Gasteiger partial charge in [-0.1, -0.05) is 6.07 Å². The van der Waals surface area contributed by atoms with Gasteiger partial charge in [0.05, 0.1) is 17.7 Å². The average Bonchev–Trinajstić information content (AvgIpc) is 2.78. The minimum atomic E-state index is -0.422. The lowest BCUT2D eigenvalue weighted by atomic mass is 10.2. The number of methoxy groups -OCH3 is 1. The van der Waals surface area contributed by atoms with Crippen molar-refractivity contribution in [3.8, 4) is 5.75 Å². The van der Waals surface area contributed by atoms with Crippen LogP contribution in [0.15, 0.2) is 41.1 Å². The van der Waals surface area contributed by atoms with Crippen molar-refractivity contribution < 1.29 is 9.84 Å². The van der Waals surface area contributed by atoms with Crippen LogP contribution in [0.2, 0.25) is 0 Å². The normalized spacial score (nSPS) is 12.4. The second kappa shape index (κ2) is 5.59. The molecule has 0 amide bonds. The highest BCUT2D eigenvalue weighted by Crippen LogP contribution is 2.26. The predicted octanol–water partition coefficient (Wildman–Crippen LogP) is 3.36. The van der Waals surface area contributed by atoms with Crippen LogP contribution in [-0.2, 0) is 6.54 Å². The second-order valence-electron chi connectivity index (χ2n) is 4.26. The molecule has 1 N–H and O–H groups in total. The molecule has 1 atom stereocenters. The van der Waals surface area contributed by atoms with Gasteiger partial charge >= 0.3 is 0 Å². The molecule has 0 saturated carbocycles. The highest BCUT2D eigenvalue weighted by molar-refractivity contribution is 9.10. The Morgan fingerprint density at radius 3 is 2.72 bits per heavy atom. The van der Waals surface area contributed by atoms with Crippen LogP contribution in [-0.4, -0.2) is 16.8 Å². The maximum atomic E-state index is 9.48. The van der Waals surface area contributed by atoms with Gasteiger partial charge in [0, 0.05) is 18.9 Å². The lowest BCUT2D eigenvalue weighted by molar-refractivity contribution is 0.199. The van der Waals surface area contributed by atoms with E-state index < -0.39 is 6.10 Å². The number of halogens is 1. The number of aliphatic hydroxyl groups excluding tert-OH is 1. The van der Waals surface area contributed by atoms with Crippen LogP contribution in [0.3, 0.4) is 0 Å². The predicted molar refractivity (Wildman–Crippen MR) is 74.9 cm³/mol. The first kappa shape index (κ1) is 13.2. The van der Waals surface area contributed by atoms with Gasteiger partial charge in [-0.2, -0.15) is 0 Å². The monoisotopic (exact) mass is 309 g/mol. The number of hydrogen-bond acceptors (Lipinski definition) is 2. The fraction of sp³-hybridized carbons (Fsp3) is 0.286. The number of nitrogens with zero attached hydrogens (tertiary/aromatic N) is 1. The summed E-state index contributed by atoms with van der Waals surface area (Å²) >= 11 is 3.47. The standard InChI is InChI=1S/C14H16BrNO2/c1-10(17)12-5-6-16(9-12)8-11-3-4-14(18-2)13(15)7-11/h3-7,9-10,17H,8H2,1-2H3. The molecule has 0 bridgehead atoms. The average molecular weight is 310 g/mol. The van der Waals surface area contributed by atoms with Crippen LogP contribution in [0.1, 0.15) is 24.2 Å². The molecule has 3 nitrogen and oxygen atoms in total. The Kier molecular flexibility index (Phi) is 4.09. The highest BCUT2D eigenvalue weighted by Gasteiger charge is 2.05. The molecule has 0 aliphatic heterocycles. The van der Waals surface area contributed by atoms with Crippen LogP contribution in [0.25, 0.3) is 0 Å². The molecule has 1 unspecified atom stereocenters. The van der Waals surface area contributed by atoms with Gasteiger partial charge in [-0.05, 0) is 52.2 Å². The molecule has 0 aliphatic rings. The zero-order valence-corrected chi connectivity index (χ0v) is 12.0. The van der Waals surface area contributed by atoms with E-state index in [1.165, 1.54) is 5.56 Å². The number of benzene rings is 1. The van der Waals surface area contributed by atoms with Crippen molar-refractivity contribution in [1.29, 1.82) is 0 Å². The minimum absolute atomic E-state index is 0.422. The second-order valence-corrected chi connectivity index (χ2v) is 5.12. The van der Waals surface area contributed by atoms with E-state index in [1.807, 2.05) is 36.7 Å². The number of aliphatic hydroxyl groups is 1. The van der Waals surface area contributed by atoms with Gasteiger partial charge in [0.25, 0.3) is 0 Å². The molecule has 0 fully saturated rings. The van der Waals surface area contributed by atoms with E-state index in [1.54, 1.807) is 14.0 Å². The van der Waals surface area contributed by atoms with Crippen LogP contribution >= 0.6 is 15.9 Å². The van der Waals surface area contributed by atoms with E-state index in [0.29, 0.717) is 0 Å². The van der Waals surface area contributed by atoms with E-state index in [9.17, 15) is 5.11 Å². The number of ether oxygens (including phenoxy) is 1. The summed E-state index contributed by atoms with van der Waals surface area (Å²) in [6, 6.07) is 7.95. The van der Waals surface area contributed by atoms with Crippen LogP contribution in [0.5, 0.6) is 5.75 Å². The summed E-state index contributed by atoms with van der Waals surface area (Å²) < 4.78 is 8.20. The van der Waals surface area contributed by atoms with Gasteiger partial charge in [-0.3, -0.25) is 0 Å². The third kappa shape index (κ3) is 2.94. The largest absolute Gasteiger partial charge is 0.496 e. The van der Waals surface area contributed by atoms with Crippen molar-refractivity contribution in [1.82, 2.24) is 4.57 Å². The summed E-state index contributed by atoms with van der Waals surface area (Å²) in [4.78, 5) is 0. The van der Waals surface area contributed by atoms with Crippen LogP contribution < -0.4 is 4.74 Å². The lowest BCUT2D eigenvalue weighted by Gasteiger charge is -2.07. The Morgan fingerprint density at radius 2 is 2.17 bits per heavy atom. The van der Waals surface area contributed by atoms with E-state index in [-0.39, 0.29) is 0 Å². The number of aromatic nitrogens is 1. The molecule has 1 aromatic carbocycles.